The van der Waals surface area contributed by atoms with Gasteiger partial charge in [-0.05, 0) is 81.0 Å². The van der Waals surface area contributed by atoms with Crippen LogP contribution in [0.1, 0.15) is 75.3 Å². The number of hydrogen-bond donors (Lipinski definition) is 4. The van der Waals surface area contributed by atoms with Crippen LogP contribution in [-0.4, -0.2) is 20.4 Å². The fourth-order valence-electron chi connectivity index (χ4n) is 3.75. The summed E-state index contributed by atoms with van der Waals surface area (Å²) in [5.41, 5.74) is 1.64. The fraction of sp³-hybridized carbons (Fsp3) is 0.429. The third-order valence-corrected chi connectivity index (χ3v) is 5.69. The first-order valence-electron chi connectivity index (χ1n) is 11.9. The summed E-state index contributed by atoms with van der Waals surface area (Å²) in [7, 11) is 0. The molecule has 0 unspecified atom stereocenters. The van der Waals surface area contributed by atoms with Crippen LogP contribution in [0.2, 0.25) is 0 Å². The first-order valence-corrected chi connectivity index (χ1v) is 11.9. The van der Waals surface area contributed by atoms with E-state index in [0.29, 0.717) is 0 Å². The standard InChI is InChI=1S/C28H38O4/c29-25-21-15-19-23(27(25)31)17-13-11-9-7-5-3-1-2-4-6-8-10-12-14-18-24-20-16-22-26(30)28(24)32/h1-2,5,7,15-16,19-22,29-32H,3-4,6,8-14,17-18H2/b2-1-,7-5-. The van der Waals surface area contributed by atoms with Gasteiger partial charge >= 0.3 is 0 Å². The number of para-hydroxylation sites is 2. The third-order valence-electron chi connectivity index (χ3n) is 5.69. The van der Waals surface area contributed by atoms with E-state index in [1.807, 2.05) is 12.1 Å². The summed E-state index contributed by atoms with van der Waals surface area (Å²) in [4.78, 5) is 0. The van der Waals surface area contributed by atoms with E-state index in [-0.39, 0.29) is 23.0 Å². The second kappa shape index (κ2) is 15.0. The maximum absolute atomic E-state index is 9.79. The van der Waals surface area contributed by atoms with Crippen LogP contribution in [0.4, 0.5) is 0 Å². The fourth-order valence-corrected chi connectivity index (χ4v) is 3.75. The topological polar surface area (TPSA) is 80.9 Å². The van der Waals surface area contributed by atoms with Crippen LogP contribution in [-0.2, 0) is 12.8 Å². The lowest BCUT2D eigenvalue weighted by Gasteiger charge is -2.05. The molecule has 32 heavy (non-hydrogen) atoms. The lowest BCUT2D eigenvalue weighted by molar-refractivity contribution is 0.398. The molecular weight excluding hydrogens is 400 g/mol. The molecule has 0 aliphatic rings. The van der Waals surface area contributed by atoms with E-state index in [1.54, 1.807) is 12.1 Å². The number of aryl methyl sites for hydroxylation is 2. The first-order chi connectivity index (χ1) is 15.6. The van der Waals surface area contributed by atoms with Crippen LogP contribution < -0.4 is 0 Å². The van der Waals surface area contributed by atoms with Crippen LogP contribution in [0.25, 0.3) is 0 Å². The number of phenols is 4. The average Bonchev–Trinajstić information content (AvgIpc) is 2.79. The zero-order valence-electron chi connectivity index (χ0n) is 19.0. The van der Waals surface area contributed by atoms with Crippen molar-refractivity contribution in [2.75, 3.05) is 0 Å². The first kappa shape index (κ1) is 25.4. The molecule has 0 amide bonds. The Hall–Kier alpha value is -2.88. The molecule has 2 aromatic carbocycles. The molecule has 2 rings (SSSR count). The van der Waals surface area contributed by atoms with Gasteiger partial charge in [-0.2, -0.15) is 0 Å². The summed E-state index contributed by atoms with van der Waals surface area (Å²) in [6, 6.07) is 10.3. The van der Waals surface area contributed by atoms with E-state index in [9.17, 15) is 20.4 Å². The number of benzene rings is 2. The van der Waals surface area contributed by atoms with Gasteiger partial charge in [0.2, 0.25) is 0 Å². The van der Waals surface area contributed by atoms with Crippen molar-refractivity contribution in [1.82, 2.24) is 0 Å². The summed E-state index contributed by atoms with van der Waals surface area (Å²) in [5.74, 6) is -0.0300. The number of phenolic OH excluding ortho intramolecular Hbond substituents is 4. The molecule has 0 aliphatic carbocycles. The van der Waals surface area contributed by atoms with E-state index in [1.165, 1.54) is 31.4 Å². The summed E-state index contributed by atoms with van der Waals surface area (Å²) >= 11 is 0. The number of allylic oxidation sites excluding steroid dienone is 4. The third kappa shape index (κ3) is 9.51. The zero-order chi connectivity index (χ0) is 23.0. The summed E-state index contributed by atoms with van der Waals surface area (Å²) in [5, 5.41) is 38.6. The molecule has 0 aliphatic heterocycles. The number of rotatable bonds is 15. The molecule has 174 valence electrons. The van der Waals surface area contributed by atoms with Crippen molar-refractivity contribution < 1.29 is 20.4 Å². The zero-order valence-corrected chi connectivity index (χ0v) is 19.0. The maximum atomic E-state index is 9.79. The van der Waals surface area contributed by atoms with Crippen molar-refractivity contribution in [3.05, 3.63) is 71.8 Å². The minimum Gasteiger partial charge on any atom is -0.504 e. The molecule has 0 fully saturated rings. The molecule has 2 aromatic rings. The Morgan fingerprint density at radius 3 is 1.50 bits per heavy atom. The van der Waals surface area contributed by atoms with Crippen molar-refractivity contribution in [2.24, 2.45) is 0 Å². The van der Waals surface area contributed by atoms with Crippen molar-refractivity contribution in [3.63, 3.8) is 0 Å². The Morgan fingerprint density at radius 1 is 0.500 bits per heavy atom. The minimum absolute atomic E-state index is 0.0156. The molecule has 4 nitrogen and oxygen atoms in total. The van der Waals surface area contributed by atoms with Gasteiger partial charge in [-0.15, -0.1) is 0 Å². The van der Waals surface area contributed by atoms with Gasteiger partial charge in [-0.25, -0.2) is 0 Å². The number of unbranched alkanes of at least 4 members (excludes halogenated alkanes) is 7. The highest BCUT2D eigenvalue weighted by Gasteiger charge is 2.05. The van der Waals surface area contributed by atoms with Gasteiger partial charge in [0, 0.05) is 0 Å². The van der Waals surface area contributed by atoms with Crippen LogP contribution in [0.5, 0.6) is 23.0 Å². The highest BCUT2D eigenvalue weighted by Crippen LogP contribution is 2.30. The predicted molar refractivity (Wildman–Crippen MR) is 131 cm³/mol. The molecule has 0 saturated heterocycles. The SMILES string of the molecule is Oc1cccc(CCCC/C=C\C/C=C\CCCCCCCc2cccc(O)c2O)c1O. The Kier molecular flexibility index (Phi) is 11.9. The summed E-state index contributed by atoms with van der Waals surface area (Å²) < 4.78 is 0. The lowest BCUT2D eigenvalue weighted by Crippen LogP contribution is -1.87. The Balaban J connectivity index is 1.41. The molecule has 0 radical (unpaired) electrons. The maximum Gasteiger partial charge on any atom is 0.160 e. The van der Waals surface area contributed by atoms with Crippen molar-refractivity contribution in [3.8, 4) is 23.0 Å². The molecule has 0 spiro atoms. The molecule has 0 aromatic heterocycles. The second-order valence-electron chi connectivity index (χ2n) is 8.30. The number of aromatic hydroxyl groups is 4. The quantitative estimate of drug-likeness (QED) is 0.133. The minimum atomic E-state index is -0.0414. The van der Waals surface area contributed by atoms with Gasteiger partial charge in [0.25, 0.3) is 0 Å². The smallest absolute Gasteiger partial charge is 0.160 e. The highest BCUT2D eigenvalue weighted by atomic mass is 16.3. The van der Waals surface area contributed by atoms with Gasteiger partial charge in [-0.3, -0.25) is 0 Å². The van der Waals surface area contributed by atoms with E-state index in [0.717, 1.165) is 68.9 Å². The van der Waals surface area contributed by atoms with Gasteiger partial charge in [0.1, 0.15) is 0 Å². The van der Waals surface area contributed by atoms with Gasteiger partial charge in [-0.1, -0.05) is 67.8 Å². The van der Waals surface area contributed by atoms with Gasteiger partial charge in [0.15, 0.2) is 23.0 Å². The number of hydrogen-bond acceptors (Lipinski definition) is 4. The van der Waals surface area contributed by atoms with E-state index >= 15 is 0 Å². The lowest BCUT2D eigenvalue weighted by atomic mass is 10.0. The van der Waals surface area contributed by atoms with Crippen molar-refractivity contribution >= 4 is 0 Å². The molecule has 0 atom stereocenters. The van der Waals surface area contributed by atoms with E-state index < -0.39 is 0 Å². The van der Waals surface area contributed by atoms with Gasteiger partial charge in [0.05, 0.1) is 0 Å². The van der Waals surface area contributed by atoms with Crippen LogP contribution >= 0.6 is 0 Å². The molecule has 4 N–H and O–H groups in total. The Morgan fingerprint density at radius 2 is 0.938 bits per heavy atom. The normalized spacial score (nSPS) is 11.6. The monoisotopic (exact) mass is 438 g/mol. The molecule has 0 bridgehead atoms. The molecule has 0 saturated carbocycles. The van der Waals surface area contributed by atoms with E-state index in [4.69, 9.17) is 0 Å². The largest absolute Gasteiger partial charge is 0.504 e. The van der Waals surface area contributed by atoms with Crippen LogP contribution in [0.3, 0.4) is 0 Å². The van der Waals surface area contributed by atoms with E-state index in [2.05, 4.69) is 24.3 Å². The molecule has 0 heterocycles. The van der Waals surface area contributed by atoms with Crippen molar-refractivity contribution in [1.29, 1.82) is 0 Å². The summed E-state index contributed by atoms with van der Waals surface area (Å²) in [6.45, 7) is 0. The second-order valence-corrected chi connectivity index (χ2v) is 8.30. The van der Waals surface area contributed by atoms with Crippen LogP contribution in [0.15, 0.2) is 60.7 Å². The Bertz CT molecular complexity index is 855. The summed E-state index contributed by atoms with van der Waals surface area (Å²) in [6.07, 6.45) is 21.5. The molecule has 4 heteroatoms. The Labute approximate surface area is 192 Å². The average molecular weight is 439 g/mol. The van der Waals surface area contributed by atoms with Crippen molar-refractivity contribution in [2.45, 2.75) is 77.0 Å². The van der Waals surface area contributed by atoms with Crippen LogP contribution in [0, 0.1) is 0 Å². The molecular formula is C28H38O4. The van der Waals surface area contributed by atoms with Gasteiger partial charge < -0.3 is 20.4 Å². The highest BCUT2D eigenvalue weighted by molar-refractivity contribution is 5.44. The predicted octanol–water partition coefficient (Wildman–Crippen LogP) is 7.31.